The summed E-state index contributed by atoms with van der Waals surface area (Å²) in [6.45, 7) is 2.37. The average Bonchev–Trinajstić information content (AvgIpc) is 2.56. The number of carbonyl (C=O) groups excluding carboxylic acids is 2. The van der Waals surface area contributed by atoms with Crippen LogP contribution < -0.4 is 10.6 Å². The molecule has 2 N–H and O–H groups in total. The maximum Gasteiger partial charge on any atom is 0.271 e. The summed E-state index contributed by atoms with van der Waals surface area (Å²) >= 11 is 0. The maximum absolute atomic E-state index is 11.8. The molecule has 0 spiro atoms. The molecule has 23 heavy (non-hydrogen) atoms. The summed E-state index contributed by atoms with van der Waals surface area (Å²) in [5.41, 5.74) is 1.66. The molecule has 0 saturated carbocycles. The standard InChI is InChI=1S/C16H18N4O3/c1-11(21)12-3-5-13(6-4-12)18-15-8-7-14(19-20-15)16(22)17-9-10-23-2/h3-8H,9-10H2,1-2H3,(H,17,22)(H,18,20). The number of benzene rings is 1. The monoisotopic (exact) mass is 314 g/mol. The number of hydrogen-bond donors (Lipinski definition) is 2. The number of amides is 1. The van der Waals surface area contributed by atoms with Gasteiger partial charge in [-0.15, -0.1) is 10.2 Å². The SMILES string of the molecule is COCCNC(=O)c1ccc(Nc2ccc(C(C)=O)cc2)nn1. The van der Waals surface area contributed by atoms with E-state index in [0.717, 1.165) is 5.69 Å². The number of methoxy groups -OCH3 is 1. The Morgan fingerprint density at radius 2 is 1.83 bits per heavy atom. The molecule has 7 nitrogen and oxygen atoms in total. The van der Waals surface area contributed by atoms with Gasteiger partial charge in [-0.2, -0.15) is 0 Å². The summed E-state index contributed by atoms with van der Waals surface area (Å²) in [7, 11) is 1.56. The summed E-state index contributed by atoms with van der Waals surface area (Å²) in [6, 6.07) is 10.3. The third-order valence-electron chi connectivity index (χ3n) is 3.05. The molecule has 0 aliphatic carbocycles. The van der Waals surface area contributed by atoms with Crippen molar-refractivity contribution in [3.05, 3.63) is 47.7 Å². The molecule has 0 bridgehead atoms. The third-order valence-corrected chi connectivity index (χ3v) is 3.05. The van der Waals surface area contributed by atoms with Crippen molar-refractivity contribution in [3.63, 3.8) is 0 Å². The summed E-state index contributed by atoms with van der Waals surface area (Å²) in [4.78, 5) is 23.0. The molecule has 0 radical (unpaired) electrons. The van der Waals surface area contributed by atoms with E-state index in [0.29, 0.717) is 24.5 Å². The largest absolute Gasteiger partial charge is 0.383 e. The van der Waals surface area contributed by atoms with Crippen LogP contribution in [0.4, 0.5) is 11.5 Å². The normalized spacial score (nSPS) is 10.2. The molecule has 0 unspecified atom stereocenters. The number of aromatic nitrogens is 2. The zero-order valence-corrected chi connectivity index (χ0v) is 13.0. The lowest BCUT2D eigenvalue weighted by molar-refractivity contribution is 0.0930. The minimum atomic E-state index is -0.299. The van der Waals surface area contributed by atoms with Gasteiger partial charge >= 0.3 is 0 Å². The van der Waals surface area contributed by atoms with Crippen LogP contribution in [0.15, 0.2) is 36.4 Å². The quantitative estimate of drug-likeness (QED) is 0.598. The molecule has 1 aromatic carbocycles. The molecule has 2 aromatic rings. The molecular formula is C16H18N4O3. The van der Waals surface area contributed by atoms with E-state index in [9.17, 15) is 9.59 Å². The Morgan fingerprint density at radius 3 is 2.39 bits per heavy atom. The summed E-state index contributed by atoms with van der Waals surface area (Å²) < 4.78 is 4.85. The lowest BCUT2D eigenvalue weighted by atomic mass is 10.1. The van der Waals surface area contributed by atoms with Gasteiger partial charge in [0.25, 0.3) is 5.91 Å². The molecule has 0 saturated heterocycles. The van der Waals surface area contributed by atoms with Crippen LogP contribution >= 0.6 is 0 Å². The highest BCUT2D eigenvalue weighted by Gasteiger charge is 2.07. The van der Waals surface area contributed by atoms with E-state index in [1.165, 1.54) is 6.92 Å². The fraction of sp³-hybridized carbons (Fsp3) is 0.250. The first-order valence-electron chi connectivity index (χ1n) is 7.09. The lowest BCUT2D eigenvalue weighted by Crippen LogP contribution is -2.27. The first kappa shape index (κ1) is 16.6. The molecule has 1 heterocycles. The van der Waals surface area contributed by atoms with E-state index >= 15 is 0 Å². The number of rotatable bonds is 7. The van der Waals surface area contributed by atoms with Gasteiger partial charge in [0.15, 0.2) is 17.3 Å². The number of ketones is 1. The van der Waals surface area contributed by atoms with Gasteiger partial charge in [0.1, 0.15) is 0 Å². The van der Waals surface area contributed by atoms with Crippen molar-refractivity contribution in [2.24, 2.45) is 0 Å². The van der Waals surface area contributed by atoms with Crippen molar-refractivity contribution in [1.82, 2.24) is 15.5 Å². The van der Waals surface area contributed by atoms with Gasteiger partial charge in [-0.1, -0.05) is 0 Å². The molecule has 0 aliphatic heterocycles. The predicted octanol–water partition coefficient (Wildman–Crippen LogP) is 1.80. The molecule has 0 atom stereocenters. The second kappa shape index (κ2) is 8.00. The Hall–Kier alpha value is -2.80. The maximum atomic E-state index is 11.8. The highest BCUT2D eigenvalue weighted by molar-refractivity contribution is 5.94. The van der Waals surface area contributed by atoms with Crippen LogP contribution in [0.25, 0.3) is 0 Å². The molecule has 1 aromatic heterocycles. The second-order valence-electron chi connectivity index (χ2n) is 4.81. The van der Waals surface area contributed by atoms with Crippen LogP contribution in [0.1, 0.15) is 27.8 Å². The molecule has 1 amide bonds. The Morgan fingerprint density at radius 1 is 1.09 bits per heavy atom. The number of Topliss-reactive ketones (excluding diaryl/α,β-unsaturated/α-hetero) is 1. The number of hydrogen-bond acceptors (Lipinski definition) is 6. The Kier molecular flexibility index (Phi) is 5.76. The fourth-order valence-corrected chi connectivity index (χ4v) is 1.81. The molecule has 7 heteroatoms. The van der Waals surface area contributed by atoms with Crippen molar-refractivity contribution < 1.29 is 14.3 Å². The van der Waals surface area contributed by atoms with Gasteiger partial charge in [0, 0.05) is 24.9 Å². The van der Waals surface area contributed by atoms with E-state index in [1.54, 1.807) is 43.5 Å². The minimum absolute atomic E-state index is 0.0141. The Bertz CT molecular complexity index is 669. The van der Waals surface area contributed by atoms with Crippen LogP contribution in [0.2, 0.25) is 0 Å². The Balaban J connectivity index is 1.96. The topological polar surface area (TPSA) is 93.2 Å². The molecule has 0 aliphatic rings. The number of nitrogens with zero attached hydrogens (tertiary/aromatic N) is 2. The van der Waals surface area contributed by atoms with Crippen molar-refractivity contribution in [2.45, 2.75) is 6.92 Å². The van der Waals surface area contributed by atoms with Crippen molar-refractivity contribution in [1.29, 1.82) is 0 Å². The zero-order valence-electron chi connectivity index (χ0n) is 13.0. The van der Waals surface area contributed by atoms with Gasteiger partial charge in [0.05, 0.1) is 6.61 Å². The average molecular weight is 314 g/mol. The van der Waals surface area contributed by atoms with Crippen LogP contribution in [0, 0.1) is 0 Å². The van der Waals surface area contributed by atoms with E-state index in [4.69, 9.17) is 4.74 Å². The van der Waals surface area contributed by atoms with Crippen LogP contribution in [-0.4, -0.2) is 42.1 Å². The van der Waals surface area contributed by atoms with Gasteiger partial charge in [-0.25, -0.2) is 0 Å². The van der Waals surface area contributed by atoms with E-state index in [2.05, 4.69) is 20.8 Å². The van der Waals surface area contributed by atoms with Gasteiger partial charge < -0.3 is 15.4 Å². The third kappa shape index (κ3) is 4.86. The number of nitrogens with one attached hydrogen (secondary N) is 2. The van der Waals surface area contributed by atoms with Crippen LogP contribution in [-0.2, 0) is 4.74 Å². The first-order valence-corrected chi connectivity index (χ1v) is 7.09. The highest BCUT2D eigenvalue weighted by atomic mass is 16.5. The lowest BCUT2D eigenvalue weighted by Gasteiger charge is -2.07. The molecule has 120 valence electrons. The summed E-state index contributed by atoms with van der Waals surface area (Å²) in [6.07, 6.45) is 0. The molecule has 2 rings (SSSR count). The highest BCUT2D eigenvalue weighted by Crippen LogP contribution is 2.15. The first-order chi connectivity index (χ1) is 11.1. The van der Waals surface area contributed by atoms with Gasteiger partial charge in [0.2, 0.25) is 0 Å². The minimum Gasteiger partial charge on any atom is -0.383 e. The van der Waals surface area contributed by atoms with Crippen LogP contribution in [0.3, 0.4) is 0 Å². The van der Waals surface area contributed by atoms with Crippen LogP contribution in [0.5, 0.6) is 0 Å². The smallest absolute Gasteiger partial charge is 0.271 e. The van der Waals surface area contributed by atoms with E-state index in [-0.39, 0.29) is 17.4 Å². The molecular weight excluding hydrogens is 296 g/mol. The number of carbonyl (C=O) groups is 2. The number of ether oxygens (including phenoxy) is 1. The van der Waals surface area contributed by atoms with E-state index < -0.39 is 0 Å². The Labute approximate surface area is 134 Å². The van der Waals surface area contributed by atoms with Crippen molar-refractivity contribution in [3.8, 4) is 0 Å². The van der Waals surface area contributed by atoms with Crippen molar-refractivity contribution >= 4 is 23.2 Å². The van der Waals surface area contributed by atoms with Crippen molar-refractivity contribution in [2.75, 3.05) is 25.6 Å². The van der Waals surface area contributed by atoms with Gasteiger partial charge in [-0.05, 0) is 43.3 Å². The number of anilines is 2. The molecule has 0 fully saturated rings. The van der Waals surface area contributed by atoms with Gasteiger partial charge in [-0.3, -0.25) is 9.59 Å². The zero-order chi connectivity index (χ0) is 16.7. The second-order valence-corrected chi connectivity index (χ2v) is 4.81. The fourth-order valence-electron chi connectivity index (χ4n) is 1.81. The predicted molar refractivity (Wildman–Crippen MR) is 86.0 cm³/mol. The van der Waals surface area contributed by atoms with E-state index in [1.807, 2.05) is 0 Å². The summed E-state index contributed by atoms with van der Waals surface area (Å²) in [5, 5.41) is 13.6. The summed E-state index contributed by atoms with van der Waals surface area (Å²) in [5.74, 6) is 0.223.